The van der Waals surface area contributed by atoms with Crippen LogP contribution in [0.4, 0.5) is 0 Å². The molecule has 0 bridgehead atoms. The van der Waals surface area contributed by atoms with Crippen molar-refractivity contribution in [1.82, 2.24) is 10.9 Å². The fourth-order valence-corrected chi connectivity index (χ4v) is 2.41. The van der Waals surface area contributed by atoms with Crippen molar-refractivity contribution in [2.24, 2.45) is 0 Å². The lowest BCUT2D eigenvalue weighted by molar-refractivity contribution is -0.125. The maximum absolute atomic E-state index is 11.7. The Kier molecular flexibility index (Phi) is 5.90. The molecule has 0 aliphatic heterocycles. The lowest BCUT2D eigenvalue weighted by atomic mass is 10.2. The monoisotopic (exact) mass is 430 g/mol. The molecule has 1 aromatic carbocycles. The summed E-state index contributed by atoms with van der Waals surface area (Å²) in [6.07, 6.45) is 0. The minimum absolute atomic E-state index is 0.357. The first-order valence-corrected chi connectivity index (χ1v) is 8.07. The van der Waals surface area contributed by atoms with Crippen LogP contribution in [0.1, 0.15) is 20.0 Å². The Morgan fingerprint density at radius 1 is 1.09 bits per heavy atom. The quantitative estimate of drug-likeness (QED) is 0.442. The molecular formula is C14H11IN2O4S. The summed E-state index contributed by atoms with van der Waals surface area (Å²) in [5, 5.41) is 1.75. The Bertz CT molecular complexity index is 671. The number of carbonyl (C=O) groups excluding carboxylic acids is 3. The molecule has 0 radical (unpaired) electrons. The smallest absolute Gasteiger partial charge is 0.338 e. The molecule has 0 fully saturated rings. The van der Waals surface area contributed by atoms with Crippen molar-refractivity contribution in [3.8, 4) is 0 Å². The summed E-state index contributed by atoms with van der Waals surface area (Å²) >= 11 is 3.37. The summed E-state index contributed by atoms with van der Waals surface area (Å²) in [6.45, 7) is -0.477. The first kappa shape index (κ1) is 16.4. The van der Waals surface area contributed by atoms with Crippen LogP contribution < -0.4 is 10.9 Å². The molecule has 2 N–H and O–H groups in total. The Balaban J connectivity index is 1.74. The van der Waals surface area contributed by atoms with E-state index in [1.165, 1.54) is 11.3 Å². The third kappa shape index (κ3) is 4.81. The molecule has 1 aromatic heterocycles. The van der Waals surface area contributed by atoms with Gasteiger partial charge in [-0.05, 0) is 58.3 Å². The predicted octanol–water partition coefficient (Wildman–Crippen LogP) is 1.97. The zero-order valence-electron chi connectivity index (χ0n) is 11.2. The van der Waals surface area contributed by atoms with Crippen LogP contribution in [0.3, 0.4) is 0 Å². The number of hydrazine groups is 1. The van der Waals surface area contributed by atoms with Gasteiger partial charge in [0.2, 0.25) is 0 Å². The van der Waals surface area contributed by atoms with E-state index in [0.29, 0.717) is 10.4 Å². The molecular weight excluding hydrogens is 419 g/mol. The van der Waals surface area contributed by atoms with Crippen molar-refractivity contribution < 1.29 is 19.1 Å². The SMILES string of the molecule is O=C(COC(=O)c1ccc(I)cc1)NNC(=O)c1cccs1. The van der Waals surface area contributed by atoms with E-state index in [1.54, 1.807) is 41.8 Å². The number of ether oxygens (including phenoxy) is 1. The fraction of sp³-hybridized carbons (Fsp3) is 0.0714. The number of esters is 1. The van der Waals surface area contributed by atoms with E-state index < -0.39 is 24.4 Å². The van der Waals surface area contributed by atoms with Gasteiger partial charge in [0.1, 0.15) is 0 Å². The molecule has 2 amide bonds. The summed E-state index contributed by atoms with van der Waals surface area (Å²) in [5.41, 5.74) is 4.77. The van der Waals surface area contributed by atoms with Gasteiger partial charge < -0.3 is 4.74 Å². The first-order valence-electron chi connectivity index (χ1n) is 6.11. The standard InChI is InChI=1S/C14H11IN2O4S/c15-10-5-3-9(4-6-10)14(20)21-8-12(18)16-17-13(19)11-2-1-7-22-11/h1-7H,8H2,(H,16,18)(H,17,19). The molecule has 22 heavy (non-hydrogen) atoms. The maximum atomic E-state index is 11.7. The molecule has 114 valence electrons. The second-order valence-electron chi connectivity index (χ2n) is 4.06. The third-order valence-corrected chi connectivity index (χ3v) is 4.06. The second-order valence-corrected chi connectivity index (χ2v) is 6.26. The van der Waals surface area contributed by atoms with Crippen LogP contribution in [-0.4, -0.2) is 24.4 Å². The van der Waals surface area contributed by atoms with E-state index in [1.807, 2.05) is 0 Å². The summed E-state index contributed by atoms with van der Waals surface area (Å²) in [5.74, 6) is -1.65. The Morgan fingerprint density at radius 3 is 2.45 bits per heavy atom. The molecule has 2 aromatic rings. The first-order chi connectivity index (χ1) is 10.6. The molecule has 0 aliphatic carbocycles. The van der Waals surface area contributed by atoms with Gasteiger partial charge in [-0.25, -0.2) is 4.79 Å². The van der Waals surface area contributed by atoms with Gasteiger partial charge in [0.25, 0.3) is 11.8 Å². The number of thiophene rings is 1. The lowest BCUT2D eigenvalue weighted by Gasteiger charge is -2.07. The van der Waals surface area contributed by atoms with E-state index in [9.17, 15) is 14.4 Å². The summed E-state index contributed by atoms with van der Waals surface area (Å²) in [7, 11) is 0. The molecule has 0 unspecified atom stereocenters. The molecule has 0 saturated carbocycles. The molecule has 2 rings (SSSR count). The average molecular weight is 430 g/mol. The Hall–Kier alpha value is -1.94. The number of nitrogens with one attached hydrogen (secondary N) is 2. The molecule has 1 heterocycles. The number of benzene rings is 1. The van der Waals surface area contributed by atoms with E-state index in [4.69, 9.17) is 4.74 Å². The number of hydrogen-bond donors (Lipinski definition) is 2. The third-order valence-electron chi connectivity index (χ3n) is 2.47. The second kappa shape index (κ2) is 7.90. The van der Waals surface area contributed by atoms with Crippen molar-refractivity contribution in [3.05, 3.63) is 55.8 Å². The van der Waals surface area contributed by atoms with Crippen LogP contribution >= 0.6 is 33.9 Å². The summed E-state index contributed by atoms with van der Waals surface area (Å²) in [4.78, 5) is 35.2. The van der Waals surface area contributed by atoms with Crippen molar-refractivity contribution in [1.29, 1.82) is 0 Å². The van der Waals surface area contributed by atoms with Crippen LogP contribution in [-0.2, 0) is 9.53 Å². The number of halogens is 1. The highest BCUT2D eigenvalue weighted by atomic mass is 127. The molecule has 0 atom stereocenters. The molecule has 6 nitrogen and oxygen atoms in total. The lowest BCUT2D eigenvalue weighted by Crippen LogP contribution is -2.43. The number of hydrogen-bond acceptors (Lipinski definition) is 5. The zero-order chi connectivity index (χ0) is 15.9. The van der Waals surface area contributed by atoms with Gasteiger partial charge in [-0.3, -0.25) is 20.4 Å². The van der Waals surface area contributed by atoms with E-state index >= 15 is 0 Å². The van der Waals surface area contributed by atoms with Crippen LogP contribution in [0.15, 0.2) is 41.8 Å². The summed E-state index contributed by atoms with van der Waals surface area (Å²) < 4.78 is 5.84. The van der Waals surface area contributed by atoms with Gasteiger partial charge >= 0.3 is 5.97 Å². The van der Waals surface area contributed by atoms with Crippen LogP contribution in [0, 0.1) is 3.57 Å². The van der Waals surface area contributed by atoms with Crippen molar-refractivity contribution in [2.75, 3.05) is 6.61 Å². The molecule has 8 heteroatoms. The topological polar surface area (TPSA) is 84.5 Å². The van der Waals surface area contributed by atoms with Crippen LogP contribution in [0.2, 0.25) is 0 Å². The van der Waals surface area contributed by atoms with Gasteiger partial charge in [-0.1, -0.05) is 6.07 Å². The number of amides is 2. The largest absolute Gasteiger partial charge is 0.452 e. The highest BCUT2D eigenvalue weighted by Crippen LogP contribution is 2.08. The van der Waals surface area contributed by atoms with E-state index in [2.05, 4.69) is 33.4 Å². The van der Waals surface area contributed by atoms with Crippen LogP contribution in [0.5, 0.6) is 0 Å². The van der Waals surface area contributed by atoms with Crippen molar-refractivity contribution in [2.45, 2.75) is 0 Å². The number of carbonyl (C=O) groups is 3. The van der Waals surface area contributed by atoms with Gasteiger partial charge in [0.05, 0.1) is 10.4 Å². The molecule has 0 saturated heterocycles. The van der Waals surface area contributed by atoms with Gasteiger partial charge in [0, 0.05) is 3.57 Å². The normalized spacial score (nSPS) is 9.86. The maximum Gasteiger partial charge on any atom is 0.338 e. The van der Waals surface area contributed by atoms with Crippen LogP contribution in [0.25, 0.3) is 0 Å². The minimum Gasteiger partial charge on any atom is -0.452 e. The molecule has 0 spiro atoms. The highest BCUT2D eigenvalue weighted by Gasteiger charge is 2.11. The average Bonchev–Trinajstić information content (AvgIpc) is 3.05. The van der Waals surface area contributed by atoms with E-state index in [-0.39, 0.29) is 0 Å². The Morgan fingerprint density at radius 2 is 1.82 bits per heavy atom. The van der Waals surface area contributed by atoms with E-state index in [0.717, 1.165) is 3.57 Å². The fourth-order valence-electron chi connectivity index (χ4n) is 1.43. The predicted molar refractivity (Wildman–Crippen MR) is 89.4 cm³/mol. The van der Waals surface area contributed by atoms with Crippen molar-refractivity contribution >= 4 is 51.7 Å². The molecule has 0 aliphatic rings. The Labute approximate surface area is 144 Å². The highest BCUT2D eigenvalue weighted by molar-refractivity contribution is 14.1. The van der Waals surface area contributed by atoms with Gasteiger partial charge in [-0.2, -0.15) is 0 Å². The van der Waals surface area contributed by atoms with Crippen molar-refractivity contribution in [3.63, 3.8) is 0 Å². The number of rotatable bonds is 4. The van der Waals surface area contributed by atoms with Gasteiger partial charge in [0.15, 0.2) is 6.61 Å². The minimum atomic E-state index is -0.622. The van der Waals surface area contributed by atoms with Gasteiger partial charge in [-0.15, -0.1) is 11.3 Å². The summed E-state index contributed by atoms with van der Waals surface area (Å²) in [6, 6.07) is 10.1. The zero-order valence-corrected chi connectivity index (χ0v) is 14.1.